The summed E-state index contributed by atoms with van der Waals surface area (Å²) >= 11 is 2.05. The number of para-hydroxylation sites is 1. The first kappa shape index (κ1) is 40.3. The van der Waals surface area contributed by atoms with Gasteiger partial charge in [-0.05, 0) is 165 Å². The maximum Gasteiger partial charge on any atom is 0.264 e. The first-order valence-electron chi connectivity index (χ1n) is 23.8. The van der Waals surface area contributed by atoms with E-state index in [0.29, 0.717) is 0 Å². The third-order valence-electron chi connectivity index (χ3n) is 16.4. The van der Waals surface area contributed by atoms with Gasteiger partial charge in [0.25, 0.3) is 6.71 Å². The van der Waals surface area contributed by atoms with Crippen LogP contribution in [0.15, 0.2) is 108 Å². The lowest BCUT2D eigenvalue weighted by Gasteiger charge is -2.45. The average molecular weight is 857 g/mol. The highest BCUT2D eigenvalue weighted by Gasteiger charge is 2.48. The van der Waals surface area contributed by atoms with Gasteiger partial charge in [0, 0.05) is 43.0 Å². The topological polar surface area (TPSA) is 19.6 Å². The van der Waals surface area contributed by atoms with Crippen LogP contribution in [0.3, 0.4) is 0 Å². The Balaban J connectivity index is 1.22. The molecule has 0 bridgehead atoms. The van der Waals surface area contributed by atoms with Crippen molar-refractivity contribution in [2.75, 3.05) is 9.80 Å². The summed E-state index contributed by atoms with van der Waals surface area (Å²) in [6.45, 7) is 29.1. The van der Waals surface area contributed by atoms with Crippen LogP contribution in [0.25, 0.3) is 32.0 Å². The molecule has 0 spiro atoms. The predicted molar refractivity (Wildman–Crippen MR) is 277 cm³/mol. The first-order chi connectivity index (χ1) is 30.2. The number of thiophene rings is 1. The number of furan rings is 1. The zero-order valence-electron chi connectivity index (χ0n) is 39.9. The zero-order valence-corrected chi connectivity index (χ0v) is 40.7. The summed E-state index contributed by atoms with van der Waals surface area (Å²) in [7, 11) is 0. The van der Waals surface area contributed by atoms with Gasteiger partial charge in [-0.1, -0.05) is 119 Å². The highest BCUT2D eigenvalue weighted by Crippen LogP contribution is 2.55. The van der Waals surface area contributed by atoms with E-state index in [4.69, 9.17) is 4.42 Å². The second-order valence-electron chi connectivity index (χ2n) is 23.6. The molecule has 2 aromatic heterocycles. The van der Waals surface area contributed by atoms with Gasteiger partial charge >= 0.3 is 0 Å². The van der Waals surface area contributed by atoms with E-state index in [1.807, 2.05) is 11.3 Å². The molecule has 0 saturated carbocycles. The Bertz CT molecular complexity index is 3310. The molecule has 0 saturated heterocycles. The summed E-state index contributed by atoms with van der Waals surface area (Å²) < 4.78 is 9.44. The van der Waals surface area contributed by atoms with E-state index in [-0.39, 0.29) is 33.8 Å². The molecule has 12 rings (SSSR count). The summed E-state index contributed by atoms with van der Waals surface area (Å²) in [5.41, 5.74) is 21.2. The fourth-order valence-corrected chi connectivity index (χ4v) is 13.7. The Hall–Kier alpha value is -5.26. The lowest BCUT2D eigenvalue weighted by Crippen LogP contribution is -2.60. The van der Waals surface area contributed by atoms with Gasteiger partial charge < -0.3 is 14.2 Å². The van der Waals surface area contributed by atoms with Crippen molar-refractivity contribution < 1.29 is 4.42 Å². The van der Waals surface area contributed by atoms with Crippen LogP contribution in [0, 0.1) is 6.92 Å². The van der Waals surface area contributed by atoms with Gasteiger partial charge in [0.05, 0.1) is 16.8 Å². The third-order valence-corrected chi connectivity index (χ3v) is 17.6. The van der Waals surface area contributed by atoms with Crippen molar-refractivity contribution in [3.63, 3.8) is 0 Å². The molecule has 3 nitrogen and oxygen atoms in total. The van der Waals surface area contributed by atoms with Crippen LogP contribution in [0.4, 0.5) is 34.1 Å². The van der Waals surface area contributed by atoms with E-state index in [1.165, 1.54) is 113 Å². The molecule has 4 aliphatic rings. The predicted octanol–water partition coefficient (Wildman–Crippen LogP) is 15.2. The van der Waals surface area contributed by atoms with Crippen LogP contribution in [0.2, 0.25) is 0 Å². The Morgan fingerprint density at radius 1 is 0.562 bits per heavy atom. The molecule has 0 unspecified atom stereocenters. The molecular formula is C59H61BN2OS. The lowest BCUT2D eigenvalue weighted by molar-refractivity contribution is 0.332. The van der Waals surface area contributed by atoms with Crippen LogP contribution < -0.4 is 25.5 Å². The number of aryl methyl sites for hydroxylation is 1. The first-order valence-corrected chi connectivity index (χ1v) is 24.6. The van der Waals surface area contributed by atoms with Crippen LogP contribution in [0.5, 0.6) is 0 Å². The maximum absolute atomic E-state index is 6.59. The quantitative estimate of drug-likeness (QED) is 0.162. The monoisotopic (exact) mass is 856 g/mol. The van der Waals surface area contributed by atoms with Crippen LogP contribution in [0.1, 0.15) is 135 Å². The zero-order chi connectivity index (χ0) is 44.6. The van der Waals surface area contributed by atoms with Gasteiger partial charge in [-0.2, -0.15) is 0 Å². The lowest BCUT2D eigenvalue weighted by atomic mass is 9.36. The minimum absolute atomic E-state index is 0.0271. The summed E-state index contributed by atoms with van der Waals surface area (Å²) in [5, 5.41) is 3.69. The second-order valence-corrected chi connectivity index (χ2v) is 24.7. The Labute approximate surface area is 384 Å². The van der Waals surface area contributed by atoms with E-state index in [9.17, 15) is 0 Å². The van der Waals surface area contributed by atoms with E-state index in [1.54, 1.807) is 0 Å². The summed E-state index contributed by atoms with van der Waals surface area (Å²) in [6, 6.07) is 40.3. The number of hydrogen-bond acceptors (Lipinski definition) is 4. The molecular weight excluding hydrogens is 796 g/mol. The number of fused-ring (bicyclic) bond motifs is 11. The summed E-state index contributed by atoms with van der Waals surface area (Å²) in [5.74, 6) is 0. The fourth-order valence-electron chi connectivity index (χ4n) is 12.3. The smallest absolute Gasteiger partial charge is 0.264 e. The largest absolute Gasteiger partial charge is 0.456 e. The van der Waals surface area contributed by atoms with Gasteiger partial charge in [-0.25, -0.2) is 0 Å². The highest BCUT2D eigenvalue weighted by molar-refractivity contribution is 7.33. The number of hydrogen-bond donors (Lipinski definition) is 0. The van der Waals surface area contributed by atoms with Crippen molar-refractivity contribution in [1.29, 1.82) is 0 Å². The molecule has 0 N–H and O–H groups in total. The Kier molecular flexibility index (Phi) is 8.16. The van der Waals surface area contributed by atoms with Crippen molar-refractivity contribution in [3.05, 3.63) is 137 Å². The number of benzene rings is 6. The van der Waals surface area contributed by atoms with E-state index in [2.05, 4.69) is 196 Å². The minimum atomic E-state index is -0.0271. The highest BCUT2D eigenvalue weighted by atomic mass is 32.1. The van der Waals surface area contributed by atoms with Crippen LogP contribution >= 0.6 is 11.3 Å². The second kappa shape index (κ2) is 13.0. The SMILES string of the molecule is Cc1cc2c3c(c1)N(c1cccc4oc5ccccc5c14)c1ccc(C(C)(C)C)cc1B3c1sc3cc4c(cc3c1N2c1ccc2c(c1)C(C)(C)CCC2(C)C)C(C)(C)CCC4(C)C. The van der Waals surface area contributed by atoms with Gasteiger partial charge in [0.15, 0.2) is 0 Å². The standard InChI is InChI=1S/C59H61BN2OS/c1-34-28-46-52-47(29-34)62(45-17-15-19-49-51(45)37-16-13-14-18-48(37)63-49)44-23-20-35(55(2,3)4)30-43(44)60(52)54-53(38-32-41-42(33-50(38)64-54)59(11,12)27-26-58(41,9)10)61(46)36-21-22-39-40(31-36)57(7,8)25-24-56(39,5)6/h13-23,28-33H,24-27H2,1-12H3. The molecule has 6 aromatic carbocycles. The molecule has 0 amide bonds. The van der Waals surface area contributed by atoms with Gasteiger partial charge in [-0.15, -0.1) is 11.3 Å². The molecule has 8 aromatic rings. The fraction of sp³-hybridized carbons (Fsp3) is 0.356. The molecule has 0 fully saturated rings. The molecule has 64 heavy (non-hydrogen) atoms. The van der Waals surface area contributed by atoms with Gasteiger partial charge in [0.2, 0.25) is 0 Å². The molecule has 0 atom stereocenters. The van der Waals surface area contributed by atoms with E-state index >= 15 is 0 Å². The van der Waals surface area contributed by atoms with Crippen molar-refractivity contribution >= 4 is 99.9 Å². The van der Waals surface area contributed by atoms with Crippen LogP contribution in [-0.2, 0) is 27.1 Å². The summed E-state index contributed by atoms with van der Waals surface area (Å²) in [6.07, 6.45) is 4.77. The third kappa shape index (κ3) is 5.58. The van der Waals surface area contributed by atoms with Crippen molar-refractivity contribution in [1.82, 2.24) is 0 Å². The molecule has 2 aliphatic heterocycles. The Morgan fingerprint density at radius 2 is 1.19 bits per heavy atom. The molecule has 0 radical (unpaired) electrons. The van der Waals surface area contributed by atoms with E-state index < -0.39 is 0 Å². The molecule has 322 valence electrons. The molecule has 5 heteroatoms. The van der Waals surface area contributed by atoms with Crippen molar-refractivity contribution in [2.45, 2.75) is 136 Å². The summed E-state index contributed by atoms with van der Waals surface area (Å²) in [4.78, 5) is 5.31. The normalized spacial score (nSPS) is 18.8. The molecule has 4 heterocycles. The number of anilines is 6. The van der Waals surface area contributed by atoms with Gasteiger partial charge in [0.1, 0.15) is 11.2 Å². The maximum atomic E-state index is 6.59. The Morgan fingerprint density at radius 3 is 1.89 bits per heavy atom. The van der Waals surface area contributed by atoms with Crippen molar-refractivity contribution in [2.24, 2.45) is 0 Å². The minimum Gasteiger partial charge on any atom is -0.456 e. The van der Waals surface area contributed by atoms with Crippen LogP contribution in [-0.4, -0.2) is 6.71 Å². The van der Waals surface area contributed by atoms with Crippen molar-refractivity contribution in [3.8, 4) is 0 Å². The number of nitrogens with zero attached hydrogens (tertiary/aromatic N) is 2. The molecule has 2 aliphatic carbocycles. The average Bonchev–Trinajstić information content (AvgIpc) is 3.82. The van der Waals surface area contributed by atoms with Gasteiger partial charge in [-0.3, -0.25) is 0 Å². The van der Waals surface area contributed by atoms with E-state index in [0.717, 1.165) is 27.6 Å². The number of rotatable bonds is 2.